The number of ether oxygens (including phenoxy) is 2. The number of rotatable bonds is 9. The van der Waals surface area contributed by atoms with Crippen LogP contribution in [0.1, 0.15) is 81.8 Å². The minimum atomic E-state index is -0.692. The first-order valence-electron chi connectivity index (χ1n) is 10.9. The van der Waals surface area contributed by atoms with Crippen LogP contribution in [-0.4, -0.2) is 30.0 Å². The van der Waals surface area contributed by atoms with Crippen molar-refractivity contribution in [2.24, 2.45) is 11.1 Å². The van der Waals surface area contributed by atoms with Gasteiger partial charge in [0.2, 0.25) is 0 Å². The standard InChI is InChI=1S/C25H37NO4/c1-7-10-19-17-11-8-12-20(27)18(17)13-14-21(19)29-16-9-15-25(5,6)22(26)23(28)30-24(2,3)4/h7,13-14,22H,1,8-12,15-16,26H2,2-6H3. The lowest BCUT2D eigenvalue weighted by atomic mass is 9.80. The molecule has 1 aliphatic carbocycles. The SMILES string of the molecule is C=CCc1c(OCCCC(C)(C)C(N)C(=O)OC(C)(C)C)ccc2c1CCCC2=O. The highest BCUT2D eigenvalue weighted by molar-refractivity contribution is 5.99. The Morgan fingerprint density at radius 2 is 1.93 bits per heavy atom. The van der Waals surface area contributed by atoms with Gasteiger partial charge in [0.1, 0.15) is 17.4 Å². The second-order valence-electron chi connectivity index (χ2n) is 9.79. The smallest absolute Gasteiger partial charge is 0.323 e. The maximum absolute atomic E-state index is 12.3. The summed E-state index contributed by atoms with van der Waals surface area (Å²) in [6.07, 6.45) is 6.43. The normalized spacial score (nSPS) is 15.3. The van der Waals surface area contributed by atoms with Gasteiger partial charge in [-0.15, -0.1) is 6.58 Å². The number of fused-ring (bicyclic) bond motifs is 1. The topological polar surface area (TPSA) is 78.6 Å². The number of hydrogen-bond donors (Lipinski definition) is 1. The van der Waals surface area contributed by atoms with Crippen LogP contribution >= 0.6 is 0 Å². The Morgan fingerprint density at radius 3 is 2.57 bits per heavy atom. The summed E-state index contributed by atoms with van der Waals surface area (Å²) < 4.78 is 11.5. The molecule has 0 saturated carbocycles. The third-order valence-electron chi connectivity index (χ3n) is 5.59. The predicted octanol–water partition coefficient (Wildman–Crippen LogP) is 4.79. The van der Waals surface area contributed by atoms with Crippen molar-refractivity contribution in [1.82, 2.24) is 0 Å². The van der Waals surface area contributed by atoms with Crippen molar-refractivity contribution in [3.63, 3.8) is 0 Å². The zero-order valence-electron chi connectivity index (χ0n) is 19.2. The van der Waals surface area contributed by atoms with E-state index in [9.17, 15) is 9.59 Å². The largest absolute Gasteiger partial charge is 0.493 e. The van der Waals surface area contributed by atoms with Crippen LogP contribution in [0.15, 0.2) is 24.8 Å². The van der Waals surface area contributed by atoms with Gasteiger partial charge in [0, 0.05) is 17.5 Å². The van der Waals surface area contributed by atoms with E-state index in [-0.39, 0.29) is 11.8 Å². The van der Waals surface area contributed by atoms with Gasteiger partial charge in [0.15, 0.2) is 5.78 Å². The molecule has 0 aromatic heterocycles. The summed E-state index contributed by atoms with van der Waals surface area (Å²) in [5.74, 6) is 0.657. The Hall–Kier alpha value is -2.14. The molecule has 30 heavy (non-hydrogen) atoms. The van der Waals surface area contributed by atoms with E-state index < -0.39 is 17.1 Å². The van der Waals surface area contributed by atoms with E-state index in [2.05, 4.69) is 6.58 Å². The second kappa shape index (κ2) is 9.78. The molecule has 0 spiro atoms. The molecule has 5 heteroatoms. The van der Waals surface area contributed by atoms with Crippen LogP contribution in [0.25, 0.3) is 0 Å². The summed E-state index contributed by atoms with van der Waals surface area (Å²) in [7, 11) is 0. The van der Waals surface area contributed by atoms with E-state index in [0.29, 0.717) is 19.4 Å². The van der Waals surface area contributed by atoms with Crippen molar-refractivity contribution in [3.05, 3.63) is 41.5 Å². The molecule has 1 aromatic rings. The van der Waals surface area contributed by atoms with Gasteiger partial charge in [-0.2, -0.15) is 0 Å². The molecule has 0 amide bonds. The fourth-order valence-electron chi connectivity index (χ4n) is 3.83. The van der Waals surface area contributed by atoms with Crippen molar-refractivity contribution < 1.29 is 19.1 Å². The lowest BCUT2D eigenvalue weighted by Crippen LogP contribution is -2.47. The minimum Gasteiger partial charge on any atom is -0.493 e. The molecule has 0 aliphatic heterocycles. The zero-order chi connectivity index (χ0) is 22.5. The Morgan fingerprint density at radius 1 is 1.23 bits per heavy atom. The summed E-state index contributed by atoms with van der Waals surface area (Å²) in [6, 6.07) is 3.10. The molecule has 1 aromatic carbocycles. The highest BCUT2D eigenvalue weighted by Gasteiger charge is 2.34. The number of benzene rings is 1. The molecular weight excluding hydrogens is 378 g/mol. The molecule has 0 heterocycles. The van der Waals surface area contributed by atoms with Gasteiger partial charge in [-0.1, -0.05) is 19.9 Å². The molecule has 2 rings (SSSR count). The molecule has 5 nitrogen and oxygen atoms in total. The van der Waals surface area contributed by atoms with Gasteiger partial charge in [0.05, 0.1) is 6.61 Å². The van der Waals surface area contributed by atoms with Gasteiger partial charge in [-0.3, -0.25) is 9.59 Å². The van der Waals surface area contributed by atoms with Crippen LogP contribution in [0, 0.1) is 5.41 Å². The zero-order valence-corrected chi connectivity index (χ0v) is 19.2. The number of esters is 1. The number of Topliss-reactive ketones (excluding diaryl/α,β-unsaturated/α-hetero) is 1. The third-order valence-corrected chi connectivity index (χ3v) is 5.59. The summed E-state index contributed by atoms with van der Waals surface area (Å²) in [5.41, 5.74) is 8.24. The van der Waals surface area contributed by atoms with Gasteiger partial charge in [0.25, 0.3) is 0 Å². The average molecular weight is 416 g/mol. The number of hydrogen-bond acceptors (Lipinski definition) is 5. The minimum absolute atomic E-state index is 0.214. The first-order chi connectivity index (χ1) is 14.0. The van der Waals surface area contributed by atoms with Gasteiger partial charge < -0.3 is 15.2 Å². The summed E-state index contributed by atoms with van der Waals surface area (Å²) in [5, 5.41) is 0. The molecule has 0 saturated heterocycles. The van der Waals surface area contributed by atoms with Gasteiger partial charge >= 0.3 is 5.97 Å². The maximum atomic E-state index is 12.3. The first-order valence-corrected chi connectivity index (χ1v) is 10.9. The molecule has 166 valence electrons. The summed E-state index contributed by atoms with van der Waals surface area (Å²) >= 11 is 0. The summed E-state index contributed by atoms with van der Waals surface area (Å²) in [6.45, 7) is 13.9. The molecular formula is C25H37NO4. The van der Waals surface area contributed by atoms with Crippen molar-refractivity contribution in [2.45, 2.75) is 84.8 Å². The molecule has 1 unspecified atom stereocenters. The van der Waals surface area contributed by atoms with Crippen LogP contribution in [0.4, 0.5) is 0 Å². The van der Waals surface area contributed by atoms with Crippen LogP contribution in [0.2, 0.25) is 0 Å². The molecule has 0 radical (unpaired) electrons. The molecule has 0 fully saturated rings. The Balaban J connectivity index is 1.99. The van der Waals surface area contributed by atoms with Crippen molar-refractivity contribution in [3.8, 4) is 5.75 Å². The fourth-order valence-corrected chi connectivity index (χ4v) is 3.83. The highest BCUT2D eigenvalue weighted by Crippen LogP contribution is 2.33. The Kier molecular flexibility index (Phi) is 7.87. The van der Waals surface area contributed by atoms with E-state index in [4.69, 9.17) is 15.2 Å². The van der Waals surface area contributed by atoms with Crippen molar-refractivity contribution in [2.75, 3.05) is 6.61 Å². The van der Waals surface area contributed by atoms with E-state index >= 15 is 0 Å². The number of nitrogens with two attached hydrogens (primary N) is 1. The second-order valence-corrected chi connectivity index (χ2v) is 9.79. The monoisotopic (exact) mass is 415 g/mol. The third kappa shape index (κ3) is 6.18. The van der Waals surface area contributed by atoms with Crippen LogP contribution in [0.3, 0.4) is 0 Å². The lowest BCUT2D eigenvalue weighted by molar-refractivity contribution is -0.159. The molecule has 0 bridgehead atoms. The molecule has 1 aliphatic rings. The quantitative estimate of drug-likeness (QED) is 0.356. The number of allylic oxidation sites excluding steroid dienone is 1. The number of carbonyl (C=O) groups excluding carboxylic acids is 2. The number of carbonyl (C=O) groups is 2. The van der Waals surface area contributed by atoms with E-state index in [0.717, 1.165) is 48.1 Å². The van der Waals surface area contributed by atoms with Gasteiger partial charge in [-0.25, -0.2) is 0 Å². The van der Waals surface area contributed by atoms with E-state index in [1.807, 2.05) is 52.8 Å². The van der Waals surface area contributed by atoms with Crippen molar-refractivity contribution >= 4 is 11.8 Å². The first kappa shape index (κ1) is 24.1. The fraction of sp³-hybridized carbons (Fsp3) is 0.600. The Labute approximate surface area is 181 Å². The number of ketones is 1. The average Bonchev–Trinajstić information content (AvgIpc) is 2.65. The summed E-state index contributed by atoms with van der Waals surface area (Å²) in [4.78, 5) is 24.5. The molecule has 1 atom stereocenters. The van der Waals surface area contributed by atoms with Gasteiger partial charge in [-0.05, 0) is 76.0 Å². The Bertz CT molecular complexity index is 789. The highest BCUT2D eigenvalue weighted by atomic mass is 16.6. The maximum Gasteiger partial charge on any atom is 0.323 e. The van der Waals surface area contributed by atoms with E-state index in [1.165, 1.54) is 0 Å². The van der Waals surface area contributed by atoms with Crippen LogP contribution < -0.4 is 10.5 Å². The van der Waals surface area contributed by atoms with Crippen LogP contribution in [0.5, 0.6) is 5.75 Å². The predicted molar refractivity (Wildman–Crippen MR) is 120 cm³/mol. The van der Waals surface area contributed by atoms with E-state index in [1.54, 1.807) is 0 Å². The lowest BCUT2D eigenvalue weighted by Gasteiger charge is -2.32. The van der Waals surface area contributed by atoms with Crippen molar-refractivity contribution in [1.29, 1.82) is 0 Å². The van der Waals surface area contributed by atoms with Crippen LogP contribution in [-0.2, 0) is 22.4 Å². The molecule has 2 N–H and O–H groups in total.